The summed E-state index contributed by atoms with van der Waals surface area (Å²) >= 11 is 8.50. The Labute approximate surface area is 138 Å². The Hall–Kier alpha value is -0.590. The van der Waals surface area contributed by atoms with Gasteiger partial charge in [-0.25, -0.2) is 4.98 Å². The average molecular weight is 404 g/mol. The van der Waals surface area contributed by atoms with Gasteiger partial charge in [-0.05, 0) is 53.3 Å². The summed E-state index contributed by atoms with van der Waals surface area (Å²) in [4.78, 5) is 4.54. The third-order valence-corrected chi connectivity index (χ3v) is 4.73. The maximum absolute atomic E-state index is 6.26. The maximum Gasteiger partial charge on any atom is 0.130 e. The first kappa shape index (κ1) is 15.8. The predicted molar refractivity (Wildman–Crippen MR) is 92.2 cm³/mol. The number of aryl methyl sites for hydroxylation is 1. The standard InChI is InChI=1S/C15H19ClIN3/c1-3-8-20-9-7-19-15(20)14(18-4-2)11-5-6-13(17)12(16)10-11/h5-7,9-10,14,18H,3-4,8H2,1-2H3. The van der Waals surface area contributed by atoms with E-state index in [1.165, 1.54) is 0 Å². The lowest BCUT2D eigenvalue weighted by atomic mass is 10.1. The third kappa shape index (κ3) is 3.54. The number of imidazole rings is 1. The summed E-state index contributed by atoms with van der Waals surface area (Å²) < 4.78 is 3.28. The first-order valence-corrected chi connectivity index (χ1v) is 8.32. The Bertz CT molecular complexity index is 568. The zero-order chi connectivity index (χ0) is 14.5. The minimum absolute atomic E-state index is 0.0797. The fourth-order valence-electron chi connectivity index (χ4n) is 2.27. The van der Waals surface area contributed by atoms with Gasteiger partial charge in [0.05, 0.1) is 11.1 Å². The van der Waals surface area contributed by atoms with Gasteiger partial charge in [0.25, 0.3) is 0 Å². The summed E-state index contributed by atoms with van der Waals surface area (Å²) in [5.41, 5.74) is 1.15. The molecule has 0 saturated heterocycles. The van der Waals surface area contributed by atoms with Crippen LogP contribution in [0, 0.1) is 3.57 Å². The summed E-state index contributed by atoms with van der Waals surface area (Å²) in [7, 11) is 0. The maximum atomic E-state index is 6.26. The average Bonchev–Trinajstić information content (AvgIpc) is 2.88. The highest BCUT2D eigenvalue weighted by atomic mass is 127. The van der Waals surface area contributed by atoms with E-state index >= 15 is 0 Å². The van der Waals surface area contributed by atoms with Crippen molar-refractivity contribution < 1.29 is 0 Å². The van der Waals surface area contributed by atoms with Crippen LogP contribution in [0.3, 0.4) is 0 Å². The highest BCUT2D eigenvalue weighted by molar-refractivity contribution is 14.1. The Kier molecular flexibility index (Phi) is 5.86. The second-order valence-electron chi connectivity index (χ2n) is 4.64. The molecular formula is C15H19ClIN3. The summed E-state index contributed by atoms with van der Waals surface area (Å²) in [5, 5.41) is 4.29. The SMILES string of the molecule is CCCn1ccnc1C(NCC)c1ccc(I)c(Cl)c1. The fourth-order valence-corrected chi connectivity index (χ4v) is 2.79. The van der Waals surface area contributed by atoms with Crippen LogP contribution in [0.2, 0.25) is 5.02 Å². The van der Waals surface area contributed by atoms with E-state index in [0.29, 0.717) is 0 Å². The fraction of sp³-hybridized carbons (Fsp3) is 0.400. The van der Waals surface area contributed by atoms with Crippen LogP contribution in [0.4, 0.5) is 0 Å². The molecule has 1 aromatic carbocycles. The number of hydrogen-bond donors (Lipinski definition) is 1. The zero-order valence-corrected chi connectivity index (χ0v) is 14.6. The second kappa shape index (κ2) is 7.43. The number of hydrogen-bond acceptors (Lipinski definition) is 2. The molecule has 0 fully saturated rings. The van der Waals surface area contributed by atoms with Crippen molar-refractivity contribution in [3.63, 3.8) is 0 Å². The molecule has 1 aromatic heterocycles. The summed E-state index contributed by atoms with van der Waals surface area (Å²) in [6, 6.07) is 6.28. The molecule has 0 aliphatic heterocycles. The van der Waals surface area contributed by atoms with Crippen molar-refractivity contribution in [2.45, 2.75) is 32.9 Å². The van der Waals surface area contributed by atoms with Crippen LogP contribution in [0.25, 0.3) is 0 Å². The van der Waals surface area contributed by atoms with E-state index in [9.17, 15) is 0 Å². The van der Waals surface area contributed by atoms with Crippen LogP contribution < -0.4 is 5.32 Å². The lowest BCUT2D eigenvalue weighted by Crippen LogP contribution is -2.25. The Morgan fingerprint density at radius 3 is 2.85 bits per heavy atom. The molecule has 1 atom stereocenters. The van der Waals surface area contributed by atoms with E-state index in [1.54, 1.807) is 0 Å². The predicted octanol–water partition coefficient (Wildman–Crippen LogP) is 4.25. The number of aromatic nitrogens is 2. The summed E-state index contributed by atoms with van der Waals surface area (Å²) in [6.45, 7) is 6.14. The molecule has 2 rings (SSSR count). The molecule has 1 N–H and O–H groups in total. The highest BCUT2D eigenvalue weighted by Crippen LogP contribution is 2.26. The first-order chi connectivity index (χ1) is 9.67. The van der Waals surface area contributed by atoms with Crippen molar-refractivity contribution in [3.05, 3.63) is 50.6 Å². The Balaban J connectivity index is 2.39. The van der Waals surface area contributed by atoms with Gasteiger partial charge in [-0.1, -0.05) is 31.5 Å². The van der Waals surface area contributed by atoms with Crippen LogP contribution in [0.15, 0.2) is 30.6 Å². The van der Waals surface area contributed by atoms with Gasteiger partial charge < -0.3 is 9.88 Å². The minimum Gasteiger partial charge on any atom is -0.333 e. The largest absolute Gasteiger partial charge is 0.333 e. The van der Waals surface area contributed by atoms with Gasteiger partial charge in [0.15, 0.2) is 0 Å². The van der Waals surface area contributed by atoms with Crippen LogP contribution >= 0.6 is 34.2 Å². The molecule has 108 valence electrons. The lowest BCUT2D eigenvalue weighted by Gasteiger charge is -2.20. The second-order valence-corrected chi connectivity index (χ2v) is 6.21. The number of halogens is 2. The van der Waals surface area contributed by atoms with Crippen molar-refractivity contribution >= 4 is 34.2 Å². The van der Waals surface area contributed by atoms with Gasteiger partial charge in [0.1, 0.15) is 5.82 Å². The van der Waals surface area contributed by atoms with E-state index < -0.39 is 0 Å². The smallest absolute Gasteiger partial charge is 0.130 e. The molecule has 0 aliphatic carbocycles. The molecule has 1 unspecified atom stereocenters. The van der Waals surface area contributed by atoms with E-state index in [4.69, 9.17) is 11.6 Å². The summed E-state index contributed by atoms with van der Waals surface area (Å²) in [6.07, 6.45) is 5.00. The molecule has 0 spiro atoms. The van der Waals surface area contributed by atoms with Crippen molar-refractivity contribution in [2.75, 3.05) is 6.54 Å². The molecule has 1 heterocycles. The molecule has 0 amide bonds. The molecule has 5 heteroatoms. The van der Waals surface area contributed by atoms with Gasteiger partial charge in [-0.3, -0.25) is 0 Å². The third-order valence-electron chi connectivity index (χ3n) is 3.16. The number of nitrogens with one attached hydrogen (secondary N) is 1. The van der Waals surface area contributed by atoms with Crippen molar-refractivity contribution in [1.29, 1.82) is 0 Å². The lowest BCUT2D eigenvalue weighted by molar-refractivity contribution is 0.544. The quantitative estimate of drug-likeness (QED) is 0.731. The Morgan fingerprint density at radius 2 is 2.20 bits per heavy atom. The van der Waals surface area contributed by atoms with E-state index in [1.807, 2.05) is 18.5 Å². The molecule has 3 nitrogen and oxygen atoms in total. The number of benzene rings is 1. The van der Waals surface area contributed by atoms with Gasteiger partial charge in [-0.2, -0.15) is 0 Å². The van der Waals surface area contributed by atoms with Gasteiger partial charge in [-0.15, -0.1) is 0 Å². The van der Waals surface area contributed by atoms with E-state index in [-0.39, 0.29) is 6.04 Å². The van der Waals surface area contributed by atoms with Crippen molar-refractivity contribution in [2.24, 2.45) is 0 Å². The summed E-state index contributed by atoms with van der Waals surface area (Å²) in [5.74, 6) is 1.05. The molecule has 0 saturated carbocycles. The molecule has 20 heavy (non-hydrogen) atoms. The molecule has 2 aromatic rings. The van der Waals surface area contributed by atoms with Gasteiger partial charge in [0.2, 0.25) is 0 Å². The normalized spacial score (nSPS) is 12.6. The van der Waals surface area contributed by atoms with Crippen LogP contribution in [0.1, 0.15) is 37.7 Å². The molecule has 0 aliphatic rings. The van der Waals surface area contributed by atoms with E-state index in [2.05, 4.69) is 63.4 Å². The van der Waals surface area contributed by atoms with Crippen molar-refractivity contribution in [1.82, 2.24) is 14.9 Å². The van der Waals surface area contributed by atoms with E-state index in [0.717, 1.165) is 39.5 Å². The van der Waals surface area contributed by atoms with Crippen molar-refractivity contribution in [3.8, 4) is 0 Å². The molecular weight excluding hydrogens is 385 g/mol. The van der Waals surface area contributed by atoms with Crippen LogP contribution in [-0.2, 0) is 6.54 Å². The minimum atomic E-state index is 0.0797. The zero-order valence-electron chi connectivity index (χ0n) is 11.7. The topological polar surface area (TPSA) is 29.9 Å². The molecule has 0 bridgehead atoms. The van der Waals surface area contributed by atoms with Crippen LogP contribution in [0.5, 0.6) is 0 Å². The number of rotatable bonds is 6. The van der Waals surface area contributed by atoms with Gasteiger partial charge >= 0.3 is 0 Å². The Morgan fingerprint density at radius 1 is 1.40 bits per heavy atom. The van der Waals surface area contributed by atoms with Crippen LogP contribution in [-0.4, -0.2) is 16.1 Å². The van der Waals surface area contributed by atoms with Gasteiger partial charge in [0, 0.05) is 22.5 Å². The number of nitrogens with zero attached hydrogens (tertiary/aromatic N) is 2. The first-order valence-electron chi connectivity index (χ1n) is 6.86. The highest BCUT2D eigenvalue weighted by Gasteiger charge is 2.18. The molecule has 0 radical (unpaired) electrons. The monoisotopic (exact) mass is 403 g/mol.